The first-order chi connectivity index (χ1) is 11.6. The van der Waals surface area contributed by atoms with E-state index in [1.54, 1.807) is 0 Å². The van der Waals surface area contributed by atoms with Crippen molar-refractivity contribution < 1.29 is 4.79 Å². The fourth-order valence-corrected chi connectivity index (χ4v) is 4.68. The summed E-state index contributed by atoms with van der Waals surface area (Å²) >= 11 is 0. The van der Waals surface area contributed by atoms with Gasteiger partial charge < -0.3 is 4.90 Å². The van der Waals surface area contributed by atoms with Gasteiger partial charge in [0.05, 0.1) is 12.0 Å². The molecule has 0 radical (unpaired) electrons. The van der Waals surface area contributed by atoms with E-state index in [1.165, 1.54) is 19.3 Å². The number of hydrogen-bond donors (Lipinski definition) is 0. The molecule has 1 amide bonds. The van der Waals surface area contributed by atoms with Crippen LogP contribution < -0.4 is 0 Å². The van der Waals surface area contributed by atoms with Crippen LogP contribution in [0.2, 0.25) is 0 Å². The summed E-state index contributed by atoms with van der Waals surface area (Å²) in [6, 6.07) is 0. The van der Waals surface area contributed by atoms with Crippen molar-refractivity contribution >= 4 is 5.91 Å². The molecule has 1 aromatic heterocycles. The topological polar surface area (TPSA) is 54.3 Å². The summed E-state index contributed by atoms with van der Waals surface area (Å²) in [6.07, 6.45) is 7.20. The lowest BCUT2D eigenvalue weighted by Gasteiger charge is -2.42. The van der Waals surface area contributed by atoms with Crippen molar-refractivity contribution in [2.75, 3.05) is 26.2 Å². The maximum atomic E-state index is 13.2. The molecule has 0 bridgehead atoms. The van der Waals surface area contributed by atoms with E-state index < -0.39 is 0 Å². The van der Waals surface area contributed by atoms with Crippen LogP contribution in [0.5, 0.6) is 0 Å². The Hall–Kier alpha value is -1.43. The van der Waals surface area contributed by atoms with Crippen molar-refractivity contribution in [2.45, 2.75) is 52.0 Å². The minimum atomic E-state index is -0.129. The van der Waals surface area contributed by atoms with Gasteiger partial charge in [-0.15, -0.1) is 0 Å². The Balaban J connectivity index is 1.41. The SMILES string of the molecule is Cc1nc(CN2CC[C@]3(CCCN(CC4CCC4)C3=O)C2)n(C)n1. The van der Waals surface area contributed by atoms with Crippen molar-refractivity contribution in [3.8, 4) is 0 Å². The Morgan fingerprint density at radius 3 is 2.71 bits per heavy atom. The molecular weight excluding hydrogens is 302 g/mol. The van der Waals surface area contributed by atoms with Crippen LogP contribution in [-0.4, -0.2) is 56.7 Å². The largest absolute Gasteiger partial charge is 0.342 e. The van der Waals surface area contributed by atoms with Gasteiger partial charge in [0.2, 0.25) is 5.91 Å². The number of aromatic nitrogens is 3. The molecule has 0 N–H and O–H groups in total. The fourth-order valence-electron chi connectivity index (χ4n) is 4.68. The predicted molar refractivity (Wildman–Crippen MR) is 91.2 cm³/mol. The second-order valence-electron chi connectivity index (χ2n) is 8.09. The number of amides is 1. The quantitative estimate of drug-likeness (QED) is 0.843. The highest BCUT2D eigenvalue weighted by atomic mass is 16.2. The molecule has 1 spiro atoms. The summed E-state index contributed by atoms with van der Waals surface area (Å²) in [5.41, 5.74) is -0.129. The standard InChI is InChI=1S/C18H29N5O/c1-14-19-16(21(2)20-14)12-22-10-8-18(13-22)7-4-9-23(17(18)24)11-15-5-3-6-15/h15H,3-13H2,1-2H3/t18-/m1/s1. The van der Waals surface area contributed by atoms with E-state index in [-0.39, 0.29) is 5.41 Å². The zero-order valence-electron chi connectivity index (χ0n) is 15.0. The average molecular weight is 331 g/mol. The second-order valence-corrected chi connectivity index (χ2v) is 8.09. The third kappa shape index (κ3) is 2.85. The molecule has 2 aliphatic heterocycles. The number of nitrogens with zero attached hydrogens (tertiary/aromatic N) is 5. The molecular formula is C18H29N5O. The van der Waals surface area contributed by atoms with E-state index in [0.29, 0.717) is 5.91 Å². The summed E-state index contributed by atoms with van der Waals surface area (Å²) < 4.78 is 1.87. The second kappa shape index (κ2) is 6.14. The van der Waals surface area contributed by atoms with Crippen LogP contribution in [-0.2, 0) is 18.4 Å². The van der Waals surface area contributed by atoms with Gasteiger partial charge >= 0.3 is 0 Å². The Labute approximate surface area is 144 Å². The molecule has 6 nitrogen and oxygen atoms in total. The Morgan fingerprint density at radius 1 is 1.21 bits per heavy atom. The normalized spacial score (nSPS) is 28.8. The number of piperidine rings is 1. The van der Waals surface area contributed by atoms with Gasteiger partial charge in [-0.2, -0.15) is 5.10 Å². The van der Waals surface area contributed by atoms with Crippen molar-refractivity contribution in [1.82, 2.24) is 24.6 Å². The Bertz CT molecular complexity index is 623. The smallest absolute Gasteiger partial charge is 0.230 e. The molecule has 2 saturated heterocycles. The van der Waals surface area contributed by atoms with E-state index in [9.17, 15) is 4.79 Å². The number of carbonyl (C=O) groups excluding carboxylic acids is 1. The lowest BCUT2D eigenvalue weighted by Crippen LogP contribution is -2.51. The number of hydrogen-bond acceptors (Lipinski definition) is 4. The number of likely N-dealkylation sites (tertiary alicyclic amines) is 2. The van der Waals surface area contributed by atoms with Crippen molar-refractivity contribution in [3.63, 3.8) is 0 Å². The van der Waals surface area contributed by atoms with Crippen LogP contribution in [0, 0.1) is 18.3 Å². The lowest BCUT2D eigenvalue weighted by atomic mass is 9.77. The third-order valence-corrected chi connectivity index (χ3v) is 6.28. The van der Waals surface area contributed by atoms with Crippen LogP contribution in [0.3, 0.4) is 0 Å². The molecule has 3 aliphatic rings. The number of rotatable bonds is 4. The molecule has 3 heterocycles. The zero-order chi connectivity index (χ0) is 16.7. The molecule has 132 valence electrons. The number of aryl methyl sites for hydroxylation is 2. The van der Waals surface area contributed by atoms with Crippen LogP contribution in [0.25, 0.3) is 0 Å². The van der Waals surface area contributed by atoms with Crippen LogP contribution in [0.15, 0.2) is 0 Å². The summed E-state index contributed by atoms with van der Waals surface area (Å²) in [6.45, 7) is 6.59. The summed E-state index contributed by atoms with van der Waals surface area (Å²) in [4.78, 5) is 22.3. The van der Waals surface area contributed by atoms with Gasteiger partial charge in [-0.3, -0.25) is 14.4 Å². The van der Waals surface area contributed by atoms with E-state index >= 15 is 0 Å². The first-order valence-corrected chi connectivity index (χ1v) is 9.44. The summed E-state index contributed by atoms with van der Waals surface area (Å²) in [7, 11) is 1.95. The molecule has 3 fully saturated rings. The molecule has 1 atom stereocenters. The molecule has 24 heavy (non-hydrogen) atoms. The Kier molecular flexibility index (Phi) is 4.11. The molecule has 1 saturated carbocycles. The van der Waals surface area contributed by atoms with Gasteiger partial charge in [-0.05, 0) is 51.5 Å². The van der Waals surface area contributed by atoms with Crippen molar-refractivity contribution in [3.05, 3.63) is 11.6 Å². The van der Waals surface area contributed by atoms with Gasteiger partial charge in [-0.25, -0.2) is 4.98 Å². The zero-order valence-corrected chi connectivity index (χ0v) is 15.0. The molecule has 1 aromatic rings. The van der Waals surface area contributed by atoms with E-state index in [2.05, 4.69) is 19.9 Å². The first kappa shape index (κ1) is 16.1. The molecule has 0 unspecified atom stereocenters. The summed E-state index contributed by atoms with van der Waals surface area (Å²) in [5, 5.41) is 4.34. The maximum Gasteiger partial charge on any atom is 0.230 e. The highest BCUT2D eigenvalue weighted by Crippen LogP contribution is 2.41. The molecule has 6 heteroatoms. The molecule has 4 rings (SSSR count). The van der Waals surface area contributed by atoms with Crippen molar-refractivity contribution in [2.24, 2.45) is 18.4 Å². The third-order valence-electron chi connectivity index (χ3n) is 6.28. The molecule has 0 aromatic carbocycles. The minimum absolute atomic E-state index is 0.129. The van der Waals surface area contributed by atoms with Gasteiger partial charge in [0.1, 0.15) is 11.6 Å². The monoisotopic (exact) mass is 331 g/mol. The van der Waals surface area contributed by atoms with Gasteiger partial charge in [0.15, 0.2) is 0 Å². The van der Waals surface area contributed by atoms with E-state index in [4.69, 9.17) is 0 Å². The van der Waals surface area contributed by atoms with Crippen molar-refractivity contribution in [1.29, 1.82) is 0 Å². The number of carbonyl (C=O) groups is 1. The maximum absolute atomic E-state index is 13.2. The van der Waals surface area contributed by atoms with Crippen LogP contribution in [0.1, 0.15) is 50.2 Å². The average Bonchev–Trinajstić information content (AvgIpc) is 3.04. The minimum Gasteiger partial charge on any atom is -0.342 e. The van der Waals surface area contributed by atoms with Crippen LogP contribution in [0.4, 0.5) is 0 Å². The van der Waals surface area contributed by atoms with Gasteiger partial charge in [0, 0.05) is 26.7 Å². The lowest BCUT2D eigenvalue weighted by molar-refractivity contribution is -0.146. The molecule has 1 aliphatic carbocycles. The highest BCUT2D eigenvalue weighted by molar-refractivity contribution is 5.84. The van der Waals surface area contributed by atoms with Gasteiger partial charge in [0.25, 0.3) is 0 Å². The van der Waals surface area contributed by atoms with E-state index in [0.717, 1.165) is 69.6 Å². The fraction of sp³-hybridized carbons (Fsp3) is 0.833. The van der Waals surface area contributed by atoms with Crippen LogP contribution >= 0.6 is 0 Å². The van der Waals surface area contributed by atoms with E-state index in [1.807, 2.05) is 18.7 Å². The predicted octanol–water partition coefficient (Wildman–Crippen LogP) is 1.74. The Morgan fingerprint density at radius 2 is 2.04 bits per heavy atom. The summed E-state index contributed by atoms with van der Waals surface area (Å²) in [5.74, 6) is 3.02. The van der Waals surface area contributed by atoms with Gasteiger partial charge in [-0.1, -0.05) is 6.42 Å². The first-order valence-electron chi connectivity index (χ1n) is 9.44. The highest BCUT2D eigenvalue weighted by Gasteiger charge is 2.48.